The molecule has 0 aliphatic rings. The predicted octanol–water partition coefficient (Wildman–Crippen LogP) is 4.59. The summed E-state index contributed by atoms with van der Waals surface area (Å²) in [5, 5.41) is 3.98. The summed E-state index contributed by atoms with van der Waals surface area (Å²) in [5.41, 5.74) is 3.08. The van der Waals surface area contributed by atoms with Crippen molar-refractivity contribution in [3.63, 3.8) is 0 Å². The van der Waals surface area contributed by atoms with Gasteiger partial charge in [-0.1, -0.05) is 39.7 Å². The van der Waals surface area contributed by atoms with E-state index in [1.807, 2.05) is 42.5 Å². The minimum atomic E-state index is 0.666. The molecule has 19 heavy (non-hydrogen) atoms. The summed E-state index contributed by atoms with van der Waals surface area (Å²) in [5.74, 6) is 0.761. The van der Waals surface area contributed by atoms with Crippen LogP contribution in [0.25, 0.3) is 11.0 Å². The summed E-state index contributed by atoms with van der Waals surface area (Å²) in [6, 6.07) is 13.8. The van der Waals surface area contributed by atoms with Crippen LogP contribution in [0.5, 0.6) is 0 Å². The fourth-order valence-electron chi connectivity index (χ4n) is 1.94. The Hall–Kier alpha value is -1.52. The largest absolute Gasteiger partial charge is 0.352 e. The first-order valence-corrected chi connectivity index (χ1v) is 7.01. The van der Waals surface area contributed by atoms with E-state index >= 15 is 0 Å². The SMILES string of the molecule is Clc1cc(Br)cc(CNc2nc3ccccc3[nH]2)c1. The molecule has 0 spiro atoms. The van der Waals surface area contributed by atoms with E-state index in [4.69, 9.17) is 11.6 Å². The quantitative estimate of drug-likeness (QED) is 0.734. The van der Waals surface area contributed by atoms with Gasteiger partial charge in [0.2, 0.25) is 5.95 Å². The van der Waals surface area contributed by atoms with E-state index in [0.717, 1.165) is 32.0 Å². The molecule has 0 unspecified atom stereocenters. The number of benzene rings is 2. The van der Waals surface area contributed by atoms with Crippen LogP contribution in [0, 0.1) is 0 Å². The normalized spacial score (nSPS) is 10.8. The zero-order chi connectivity index (χ0) is 13.2. The number of para-hydroxylation sites is 2. The number of hydrogen-bond acceptors (Lipinski definition) is 2. The third kappa shape index (κ3) is 2.91. The van der Waals surface area contributed by atoms with Crippen LogP contribution in [0.1, 0.15) is 5.56 Å². The standard InChI is InChI=1S/C14H11BrClN3/c15-10-5-9(6-11(16)7-10)8-17-14-18-12-3-1-2-4-13(12)19-14/h1-7H,8H2,(H2,17,18,19). The zero-order valence-electron chi connectivity index (χ0n) is 9.95. The van der Waals surface area contributed by atoms with Crippen LogP contribution in [-0.4, -0.2) is 9.97 Å². The average molecular weight is 337 g/mol. The third-order valence-corrected chi connectivity index (χ3v) is 3.45. The maximum absolute atomic E-state index is 6.01. The van der Waals surface area contributed by atoms with E-state index in [-0.39, 0.29) is 0 Å². The Morgan fingerprint density at radius 1 is 1.21 bits per heavy atom. The molecule has 0 amide bonds. The molecule has 0 saturated heterocycles. The van der Waals surface area contributed by atoms with E-state index in [1.54, 1.807) is 0 Å². The Bertz CT molecular complexity index is 670. The van der Waals surface area contributed by atoms with E-state index < -0.39 is 0 Å². The van der Waals surface area contributed by atoms with Crippen molar-refractivity contribution in [2.45, 2.75) is 6.54 Å². The number of rotatable bonds is 3. The number of aromatic amines is 1. The van der Waals surface area contributed by atoms with Crippen molar-refractivity contribution in [1.29, 1.82) is 0 Å². The van der Waals surface area contributed by atoms with Crippen LogP contribution in [0.3, 0.4) is 0 Å². The highest BCUT2D eigenvalue weighted by atomic mass is 79.9. The third-order valence-electron chi connectivity index (χ3n) is 2.77. The minimum Gasteiger partial charge on any atom is -0.352 e. The number of nitrogens with one attached hydrogen (secondary N) is 2. The van der Waals surface area contributed by atoms with Crippen LogP contribution in [-0.2, 0) is 6.54 Å². The van der Waals surface area contributed by atoms with Gasteiger partial charge in [0.05, 0.1) is 11.0 Å². The molecular weight excluding hydrogens is 326 g/mol. The van der Waals surface area contributed by atoms with Crippen molar-refractivity contribution in [3.8, 4) is 0 Å². The fraction of sp³-hybridized carbons (Fsp3) is 0.0714. The molecule has 0 saturated carbocycles. The van der Waals surface area contributed by atoms with Gasteiger partial charge < -0.3 is 10.3 Å². The Morgan fingerprint density at radius 3 is 2.84 bits per heavy atom. The first-order chi connectivity index (χ1) is 9.20. The lowest BCUT2D eigenvalue weighted by Crippen LogP contribution is -2.00. The average Bonchev–Trinajstić information content (AvgIpc) is 2.78. The Balaban J connectivity index is 1.78. The maximum Gasteiger partial charge on any atom is 0.201 e. The zero-order valence-corrected chi connectivity index (χ0v) is 12.3. The number of imidazole rings is 1. The van der Waals surface area contributed by atoms with Crippen LogP contribution in [0.4, 0.5) is 5.95 Å². The number of hydrogen-bond donors (Lipinski definition) is 2. The molecule has 0 bridgehead atoms. The molecule has 96 valence electrons. The van der Waals surface area contributed by atoms with Crippen LogP contribution in [0.2, 0.25) is 5.02 Å². The highest BCUT2D eigenvalue weighted by molar-refractivity contribution is 9.10. The fourth-order valence-corrected chi connectivity index (χ4v) is 2.87. The molecule has 2 N–H and O–H groups in total. The lowest BCUT2D eigenvalue weighted by atomic mass is 10.2. The van der Waals surface area contributed by atoms with E-state index in [0.29, 0.717) is 6.54 Å². The molecule has 0 atom stereocenters. The predicted molar refractivity (Wildman–Crippen MR) is 82.6 cm³/mol. The molecule has 2 aromatic carbocycles. The number of aromatic nitrogens is 2. The smallest absolute Gasteiger partial charge is 0.201 e. The van der Waals surface area contributed by atoms with E-state index in [9.17, 15) is 0 Å². The first kappa shape index (κ1) is 12.5. The molecule has 3 aromatic rings. The number of anilines is 1. The van der Waals surface area contributed by atoms with Crippen molar-refractivity contribution in [2.75, 3.05) is 5.32 Å². The van der Waals surface area contributed by atoms with Crippen molar-refractivity contribution in [1.82, 2.24) is 9.97 Å². The van der Waals surface area contributed by atoms with Gasteiger partial charge in [-0.05, 0) is 35.9 Å². The van der Waals surface area contributed by atoms with Crippen molar-refractivity contribution in [2.24, 2.45) is 0 Å². The molecule has 3 nitrogen and oxygen atoms in total. The van der Waals surface area contributed by atoms with Gasteiger partial charge in [-0.15, -0.1) is 0 Å². The van der Waals surface area contributed by atoms with E-state index in [2.05, 4.69) is 31.2 Å². The molecule has 3 rings (SSSR count). The van der Waals surface area contributed by atoms with Gasteiger partial charge in [0.15, 0.2) is 0 Å². The number of H-pyrrole nitrogens is 1. The molecular formula is C14H11BrClN3. The number of halogens is 2. The number of nitrogens with zero attached hydrogens (tertiary/aromatic N) is 1. The van der Waals surface area contributed by atoms with Crippen molar-refractivity contribution < 1.29 is 0 Å². The summed E-state index contributed by atoms with van der Waals surface area (Å²) in [4.78, 5) is 7.69. The molecule has 0 aliphatic carbocycles. The molecule has 0 aliphatic heterocycles. The lowest BCUT2D eigenvalue weighted by molar-refractivity contribution is 1.10. The minimum absolute atomic E-state index is 0.666. The first-order valence-electron chi connectivity index (χ1n) is 5.84. The van der Waals surface area contributed by atoms with E-state index in [1.165, 1.54) is 0 Å². The molecule has 0 fully saturated rings. The summed E-state index contributed by atoms with van der Waals surface area (Å²) in [6.07, 6.45) is 0. The highest BCUT2D eigenvalue weighted by Crippen LogP contribution is 2.20. The molecule has 1 heterocycles. The van der Waals surface area contributed by atoms with Gasteiger partial charge in [0.25, 0.3) is 0 Å². The van der Waals surface area contributed by atoms with Gasteiger partial charge >= 0.3 is 0 Å². The maximum atomic E-state index is 6.01. The second kappa shape index (κ2) is 5.23. The monoisotopic (exact) mass is 335 g/mol. The summed E-state index contributed by atoms with van der Waals surface area (Å²) in [7, 11) is 0. The summed E-state index contributed by atoms with van der Waals surface area (Å²) < 4.78 is 0.974. The molecule has 1 aromatic heterocycles. The van der Waals surface area contributed by atoms with Gasteiger partial charge in [-0.25, -0.2) is 4.98 Å². The Morgan fingerprint density at radius 2 is 2.05 bits per heavy atom. The Kier molecular flexibility index (Phi) is 3.44. The second-order valence-corrected chi connectivity index (χ2v) is 5.59. The highest BCUT2D eigenvalue weighted by Gasteiger charge is 2.02. The molecule has 5 heteroatoms. The van der Waals surface area contributed by atoms with Gasteiger partial charge in [0, 0.05) is 16.0 Å². The van der Waals surface area contributed by atoms with Crippen LogP contribution in [0.15, 0.2) is 46.9 Å². The summed E-state index contributed by atoms with van der Waals surface area (Å²) in [6.45, 7) is 0.666. The summed E-state index contributed by atoms with van der Waals surface area (Å²) >= 11 is 9.45. The van der Waals surface area contributed by atoms with Crippen molar-refractivity contribution in [3.05, 3.63) is 57.5 Å². The van der Waals surface area contributed by atoms with Crippen LogP contribution >= 0.6 is 27.5 Å². The number of fused-ring (bicyclic) bond motifs is 1. The molecule has 0 radical (unpaired) electrons. The lowest BCUT2D eigenvalue weighted by Gasteiger charge is -2.04. The van der Waals surface area contributed by atoms with Gasteiger partial charge in [0.1, 0.15) is 0 Å². The topological polar surface area (TPSA) is 40.7 Å². The van der Waals surface area contributed by atoms with Crippen LogP contribution < -0.4 is 5.32 Å². The Labute approximate surface area is 124 Å². The van der Waals surface area contributed by atoms with Gasteiger partial charge in [-0.3, -0.25) is 0 Å². The van der Waals surface area contributed by atoms with Gasteiger partial charge in [-0.2, -0.15) is 0 Å². The second-order valence-electron chi connectivity index (χ2n) is 4.23. The van der Waals surface area contributed by atoms with Crippen molar-refractivity contribution >= 4 is 44.5 Å².